The van der Waals surface area contributed by atoms with Crippen molar-refractivity contribution in [2.45, 2.75) is 47.0 Å². The fourth-order valence-electron chi connectivity index (χ4n) is 7.09. The molecule has 2 aromatic rings. The lowest BCUT2D eigenvalue weighted by Crippen LogP contribution is -2.15. The summed E-state index contributed by atoms with van der Waals surface area (Å²) in [5.41, 5.74) is 12.4. The van der Waals surface area contributed by atoms with Gasteiger partial charge >= 0.3 is 0 Å². The molecule has 0 radical (unpaired) electrons. The monoisotopic (exact) mass is 694 g/mol. The van der Waals surface area contributed by atoms with Crippen LogP contribution in [0.25, 0.3) is 5.57 Å². The van der Waals surface area contributed by atoms with E-state index in [0.717, 1.165) is 24.9 Å². The van der Waals surface area contributed by atoms with Crippen LogP contribution >= 0.6 is 0 Å². The molecule has 0 aromatic heterocycles. The predicted molar refractivity (Wildman–Crippen MR) is 230 cm³/mol. The van der Waals surface area contributed by atoms with Crippen molar-refractivity contribution in [3.05, 3.63) is 222 Å². The van der Waals surface area contributed by atoms with Crippen LogP contribution in [0.4, 0.5) is 11.4 Å². The molecule has 0 bridgehead atoms. The number of nitrogens with zero attached hydrogens (tertiary/aromatic N) is 2. The molecule has 0 saturated heterocycles. The number of rotatable bonds is 7. The van der Waals surface area contributed by atoms with E-state index in [2.05, 4.69) is 215 Å². The highest BCUT2D eigenvalue weighted by molar-refractivity contribution is 5.79. The lowest BCUT2D eigenvalue weighted by molar-refractivity contribution is 0.548. The van der Waals surface area contributed by atoms with Crippen molar-refractivity contribution in [3.8, 4) is 0 Å². The molecule has 2 heteroatoms. The largest absolute Gasteiger partial charge is 0.345 e. The van der Waals surface area contributed by atoms with Gasteiger partial charge in [-0.05, 0) is 115 Å². The highest BCUT2D eigenvalue weighted by atomic mass is 15.1. The maximum atomic E-state index is 2.38. The van der Waals surface area contributed by atoms with Gasteiger partial charge in [-0.1, -0.05) is 160 Å². The highest BCUT2D eigenvalue weighted by Gasteiger charge is 2.18. The van der Waals surface area contributed by atoms with Crippen molar-refractivity contribution in [3.63, 3.8) is 0 Å². The van der Waals surface area contributed by atoms with Crippen LogP contribution in [0, 0.1) is 17.8 Å². The van der Waals surface area contributed by atoms with Crippen molar-refractivity contribution in [2.75, 3.05) is 11.9 Å². The van der Waals surface area contributed by atoms with Crippen LogP contribution < -0.4 is 4.90 Å². The maximum absolute atomic E-state index is 2.38. The third-order valence-electron chi connectivity index (χ3n) is 10.0. The number of anilines is 2. The van der Waals surface area contributed by atoms with E-state index in [1.54, 1.807) is 0 Å². The van der Waals surface area contributed by atoms with Gasteiger partial charge < -0.3 is 9.80 Å². The second-order valence-electron chi connectivity index (χ2n) is 14.3. The van der Waals surface area contributed by atoms with E-state index in [4.69, 9.17) is 0 Å². The number of para-hydroxylation sites is 1. The first-order chi connectivity index (χ1) is 25.9. The molecule has 0 saturated carbocycles. The molecule has 5 aliphatic rings. The SMILES string of the molecule is CC1=CC(C)C=C(N(C)C2=CC=C(C3=CCC=C(N(c4ccccc4)c4cccc(C5=CCCC=C5)c4)C=C3)C(C)C=C2)C=C1.CC1C=CC=CC=C1. The van der Waals surface area contributed by atoms with Crippen LogP contribution in [0.3, 0.4) is 0 Å². The Morgan fingerprint density at radius 3 is 2.13 bits per heavy atom. The second kappa shape index (κ2) is 18.2. The topological polar surface area (TPSA) is 6.48 Å². The molecule has 268 valence electrons. The average Bonchev–Trinajstić information content (AvgIpc) is 3.71. The first kappa shape index (κ1) is 37.2. The van der Waals surface area contributed by atoms with Crippen LogP contribution in [-0.4, -0.2) is 11.9 Å². The van der Waals surface area contributed by atoms with Gasteiger partial charge in [-0.15, -0.1) is 0 Å². The quantitative estimate of drug-likeness (QED) is 0.285. The van der Waals surface area contributed by atoms with Gasteiger partial charge in [0.1, 0.15) is 0 Å². The summed E-state index contributed by atoms with van der Waals surface area (Å²) in [6.07, 6.45) is 50.1. The Kier molecular flexibility index (Phi) is 12.8. The van der Waals surface area contributed by atoms with Crippen LogP contribution in [-0.2, 0) is 0 Å². The highest BCUT2D eigenvalue weighted by Crippen LogP contribution is 2.36. The van der Waals surface area contributed by atoms with Crippen LogP contribution in [0.2, 0.25) is 0 Å². The summed E-state index contributed by atoms with van der Waals surface area (Å²) < 4.78 is 0. The fraction of sp³-hybridized carbons (Fsp3) is 0.216. The van der Waals surface area contributed by atoms with Gasteiger partial charge in [-0.25, -0.2) is 0 Å². The van der Waals surface area contributed by atoms with Crippen LogP contribution in [0.15, 0.2) is 216 Å². The molecular formula is C51H54N2. The maximum Gasteiger partial charge on any atom is 0.0467 e. The minimum absolute atomic E-state index is 0.296. The summed E-state index contributed by atoms with van der Waals surface area (Å²) >= 11 is 0. The average molecular weight is 695 g/mol. The molecule has 53 heavy (non-hydrogen) atoms. The third-order valence-corrected chi connectivity index (χ3v) is 10.0. The Hall–Kier alpha value is -5.60. The van der Waals surface area contributed by atoms with Gasteiger partial charge in [-0.3, -0.25) is 0 Å². The van der Waals surface area contributed by atoms with Crippen molar-refractivity contribution in [1.29, 1.82) is 0 Å². The third kappa shape index (κ3) is 10.1. The minimum Gasteiger partial charge on any atom is -0.345 e. The molecule has 2 aromatic carbocycles. The van der Waals surface area contributed by atoms with Crippen molar-refractivity contribution in [1.82, 2.24) is 4.90 Å². The Balaban J connectivity index is 0.000000533. The van der Waals surface area contributed by atoms with Gasteiger partial charge in [0.25, 0.3) is 0 Å². The summed E-state index contributed by atoms with van der Waals surface area (Å²) in [5, 5.41) is 0. The molecular weight excluding hydrogens is 641 g/mol. The molecule has 0 spiro atoms. The predicted octanol–water partition coefficient (Wildman–Crippen LogP) is 13.6. The van der Waals surface area contributed by atoms with E-state index in [0.29, 0.717) is 17.8 Å². The Morgan fingerprint density at radius 1 is 0.585 bits per heavy atom. The van der Waals surface area contributed by atoms with Gasteiger partial charge in [-0.2, -0.15) is 0 Å². The smallest absolute Gasteiger partial charge is 0.0467 e. The molecule has 7 rings (SSSR count). The van der Waals surface area contributed by atoms with E-state index in [9.17, 15) is 0 Å². The van der Waals surface area contributed by atoms with Crippen molar-refractivity contribution >= 4 is 16.9 Å². The number of likely N-dealkylation sites (N-methyl/N-ethyl adjacent to an activating group) is 1. The fourth-order valence-corrected chi connectivity index (χ4v) is 7.09. The Bertz CT molecular complexity index is 2040. The molecule has 0 heterocycles. The lowest BCUT2D eigenvalue weighted by Gasteiger charge is -2.27. The van der Waals surface area contributed by atoms with Gasteiger partial charge in [0.2, 0.25) is 0 Å². The van der Waals surface area contributed by atoms with E-state index in [-0.39, 0.29) is 0 Å². The van der Waals surface area contributed by atoms with E-state index in [1.807, 2.05) is 12.2 Å². The molecule has 0 fully saturated rings. The van der Waals surface area contributed by atoms with Gasteiger partial charge in [0.05, 0.1) is 0 Å². The van der Waals surface area contributed by atoms with Gasteiger partial charge in [0, 0.05) is 35.5 Å². The molecule has 5 aliphatic carbocycles. The van der Waals surface area contributed by atoms with Crippen LogP contribution in [0.5, 0.6) is 0 Å². The summed E-state index contributed by atoms with van der Waals surface area (Å²) in [6.45, 7) is 8.88. The normalized spacial score (nSPS) is 20.9. The summed E-state index contributed by atoms with van der Waals surface area (Å²) in [7, 11) is 2.17. The summed E-state index contributed by atoms with van der Waals surface area (Å²) in [4.78, 5) is 4.68. The number of allylic oxidation sites excluding steroid dienone is 25. The molecule has 2 nitrogen and oxygen atoms in total. The van der Waals surface area contributed by atoms with Crippen molar-refractivity contribution < 1.29 is 0 Å². The number of hydrogen-bond donors (Lipinski definition) is 0. The first-order valence-corrected chi connectivity index (χ1v) is 19.2. The first-order valence-electron chi connectivity index (χ1n) is 19.2. The molecule has 0 amide bonds. The molecule has 0 aliphatic heterocycles. The van der Waals surface area contributed by atoms with Crippen molar-refractivity contribution in [2.24, 2.45) is 17.8 Å². The van der Waals surface area contributed by atoms with Gasteiger partial charge in [0.15, 0.2) is 0 Å². The van der Waals surface area contributed by atoms with E-state index < -0.39 is 0 Å². The zero-order valence-electron chi connectivity index (χ0n) is 32.1. The summed E-state index contributed by atoms with van der Waals surface area (Å²) in [6, 6.07) is 19.7. The number of benzene rings is 2. The minimum atomic E-state index is 0.296. The Morgan fingerprint density at radius 2 is 1.36 bits per heavy atom. The molecule has 0 N–H and O–H groups in total. The Labute approximate surface area is 319 Å². The standard InChI is InChI=1S/C43H44N2.C8H10/c1-32-21-24-41(30-33(2)29-32)44(4)38-25-22-34(3)43(28-27-38)36-15-11-19-40(26-23-36)45(39-17-9-6-10-18-39)42-20-12-16-37(31-42)35-13-7-5-8-14-35;1-8-6-4-2-3-5-7-8/h6-7,9-10,12-31,33-34H,5,8,11H2,1-4H3;2-8H,1H3. The second-order valence-corrected chi connectivity index (χ2v) is 14.3. The molecule has 2 atom stereocenters. The zero-order valence-corrected chi connectivity index (χ0v) is 32.1. The number of hydrogen-bond acceptors (Lipinski definition) is 2. The lowest BCUT2D eigenvalue weighted by atomic mass is 9.93. The molecule has 2 unspecified atom stereocenters. The van der Waals surface area contributed by atoms with Crippen LogP contribution in [0.1, 0.15) is 52.5 Å². The summed E-state index contributed by atoms with van der Waals surface area (Å²) in [5.74, 6) is 1.30. The van der Waals surface area contributed by atoms with E-state index >= 15 is 0 Å². The zero-order chi connectivity index (χ0) is 37.0. The van der Waals surface area contributed by atoms with E-state index in [1.165, 1.54) is 50.6 Å².